The lowest BCUT2D eigenvalue weighted by atomic mass is 9.91. The highest BCUT2D eigenvalue weighted by Crippen LogP contribution is 2.31. The van der Waals surface area contributed by atoms with Gasteiger partial charge in [0.05, 0.1) is 7.11 Å². The summed E-state index contributed by atoms with van der Waals surface area (Å²) in [7, 11) is 1.62. The average molecular weight is 510 g/mol. The van der Waals surface area contributed by atoms with E-state index in [0.29, 0.717) is 30.0 Å². The number of carbonyl (C=O) groups is 2. The fourth-order valence-electron chi connectivity index (χ4n) is 5.07. The number of nitrogens with zero attached hydrogens (tertiary/aromatic N) is 2. The second-order valence-corrected chi connectivity index (χ2v) is 9.31. The second-order valence-electron chi connectivity index (χ2n) is 9.31. The first-order valence-corrected chi connectivity index (χ1v) is 12.1. The summed E-state index contributed by atoms with van der Waals surface area (Å²) in [5.41, 5.74) is 1.21. The van der Waals surface area contributed by atoms with Gasteiger partial charge >= 0.3 is 0 Å². The van der Waals surface area contributed by atoms with Crippen LogP contribution in [0.5, 0.6) is 11.5 Å². The van der Waals surface area contributed by atoms with Gasteiger partial charge in [-0.05, 0) is 73.6 Å². The van der Waals surface area contributed by atoms with E-state index in [1.54, 1.807) is 7.11 Å². The van der Waals surface area contributed by atoms with Crippen molar-refractivity contribution >= 4 is 22.6 Å². The van der Waals surface area contributed by atoms with E-state index in [1.165, 1.54) is 4.90 Å². The first-order valence-electron chi connectivity index (χ1n) is 12.1. The summed E-state index contributed by atoms with van der Waals surface area (Å²) in [5.74, 6) is 1.30. The Labute approximate surface area is 217 Å². The summed E-state index contributed by atoms with van der Waals surface area (Å²) in [6.45, 7) is 2.80. The SMILES string of the molecule is COc1ccc(OCC(O)CN2CCC(CN3C(=O)c4cccc5cccc(c45)C3=O)CC2)cc1.[Cl-]. The van der Waals surface area contributed by atoms with Gasteiger partial charge in [-0.15, -0.1) is 0 Å². The Hall–Kier alpha value is -3.13. The second kappa shape index (κ2) is 11.3. The highest BCUT2D eigenvalue weighted by atomic mass is 35.5. The molecule has 5 rings (SSSR count). The van der Waals surface area contributed by atoms with Gasteiger partial charge in [-0.1, -0.05) is 24.3 Å². The maximum Gasteiger partial charge on any atom is 0.261 e. The van der Waals surface area contributed by atoms with Gasteiger partial charge in [-0.2, -0.15) is 0 Å². The fourth-order valence-corrected chi connectivity index (χ4v) is 5.07. The molecule has 3 aromatic rings. The van der Waals surface area contributed by atoms with Crippen LogP contribution in [0.4, 0.5) is 0 Å². The number of piperidine rings is 1. The number of rotatable bonds is 8. The Morgan fingerprint density at radius 3 is 2.08 bits per heavy atom. The predicted molar refractivity (Wildman–Crippen MR) is 133 cm³/mol. The lowest BCUT2D eigenvalue weighted by Crippen LogP contribution is -3.00. The van der Waals surface area contributed by atoms with Gasteiger partial charge in [0, 0.05) is 29.6 Å². The van der Waals surface area contributed by atoms with Crippen molar-refractivity contribution in [3.63, 3.8) is 0 Å². The number of likely N-dealkylation sites (tertiary alicyclic amines) is 1. The summed E-state index contributed by atoms with van der Waals surface area (Å²) in [6, 6.07) is 18.5. The van der Waals surface area contributed by atoms with E-state index in [1.807, 2.05) is 60.7 Å². The Morgan fingerprint density at radius 1 is 0.917 bits per heavy atom. The number of hydrogen-bond acceptors (Lipinski definition) is 6. The zero-order chi connectivity index (χ0) is 24.4. The highest BCUT2D eigenvalue weighted by molar-refractivity contribution is 6.25. The first kappa shape index (κ1) is 25.9. The minimum Gasteiger partial charge on any atom is -1.00 e. The summed E-state index contributed by atoms with van der Waals surface area (Å²) in [5, 5.41) is 12.1. The molecule has 0 spiro atoms. The zero-order valence-electron chi connectivity index (χ0n) is 20.2. The van der Waals surface area contributed by atoms with Crippen LogP contribution >= 0.6 is 0 Å². The van der Waals surface area contributed by atoms with E-state index in [0.717, 1.165) is 42.5 Å². The molecule has 0 bridgehead atoms. The van der Waals surface area contributed by atoms with Crippen LogP contribution in [0.1, 0.15) is 33.6 Å². The van der Waals surface area contributed by atoms with Crippen molar-refractivity contribution in [2.24, 2.45) is 5.92 Å². The highest BCUT2D eigenvalue weighted by Gasteiger charge is 2.34. The number of β-amino-alcohol motifs (C(OH)–C–C–N with tert-alkyl or cyclic N) is 1. The molecular weight excluding hydrogens is 480 g/mol. The molecule has 0 aliphatic carbocycles. The van der Waals surface area contributed by atoms with Crippen molar-refractivity contribution in [1.29, 1.82) is 0 Å². The van der Waals surface area contributed by atoms with Crippen molar-refractivity contribution in [3.8, 4) is 11.5 Å². The molecule has 0 saturated carbocycles. The molecule has 2 aliphatic rings. The van der Waals surface area contributed by atoms with E-state index in [2.05, 4.69) is 4.90 Å². The molecular formula is C28H30ClN2O5-. The molecule has 1 fully saturated rings. The largest absolute Gasteiger partial charge is 1.00 e. The Kier molecular flexibility index (Phi) is 8.14. The number of benzene rings is 3. The maximum atomic E-state index is 13.2. The van der Waals surface area contributed by atoms with Crippen LogP contribution < -0.4 is 21.9 Å². The van der Waals surface area contributed by atoms with Gasteiger partial charge in [0.15, 0.2) is 0 Å². The summed E-state index contributed by atoms with van der Waals surface area (Å²) in [4.78, 5) is 30.0. The van der Waals surface area contributed by atoms with Gasteiger partial charge in [0.2, 0.25) is 0 Å². The molecule has 0 radical (unpaired) electrons. The first-order chi connectivity index (χ1) is 17.0. The third-order valence-corrected chi connectivity index (χ3v) is 6.97. The van der Waals surface area contributed by atoms with Crippen LogP contribution in [0.25, 0.3) is 10.8 Å². The topological polar surface area (TPSA) is 79.3 Å². The molecule has 1 N–H and O–H groups in total. The smallest absolute Gasteiger partial charge is 0.261 e. The lowest BCUT2D eigenvalue weighted by molar-refractivity contribution is -0.0000368. The van der Waals surface area contributed by atoms with E-state index in [-0.39, 0.29) is 36.7 Å². The number of carbonyl (C=O) groups excluding carboxylic acids is 2. The molecule has 2 aliphatic heterocycles. The van der Waals surface area contributed by atoms with E-state index in [4.69, 9.17) is 9.47 Å². The van der Waals surface area contributed by atoms with Crippen molar-refractivity contribution in [1.82, 2.24) is 9.80 Å². The molecule has 1 atom stereocenters. The molecule has 0 aromatic heterocycles. The Balaban J connectivity index is 0.00000304. The molecule has 8 heteroatoms. The number of halogens is 1. The quantitative estimate of drug-likeness (QED) is 0.448. The summed E-state index contributed by atoms with van der Waals surface area (Å²) < 4.78 is 10.8. The number of aliphatic hydroxyl groups excluding tert-OH is 1. The van der Waals surface area contributed by atoms with Crippen LogP contribution in [0.15, 0.2) is 60.7 Å². The third-order valence-electron chi connectivity index (χ3n) is 6.97. The standard InChI is InChI=1S/C28H30N2O5.ClH/c1-34-22-8-10-23(11-9-22)35-18-21(31)17-29-14-12-19(13-15-29)16-30-27(32)24-6-2-4-20-5-3-7-25(26(20)24)28(30)33;/h2-11,19,21,31H,12-18H2,1H3;1H/p-1. The number of methoxy groups -OCH3 is 1. The molecule has 7 nitrogen and oxygen atoms in total. The predicted octanol–water partition coefficient (Wildman–Crippen LogP) is 0.600. The number of hydrogen-bond donors (Lipinski definition) is 1. The number of aliphatic hydroxyl groups is 1. The van der Waals surface area contributed by atoms with Crippen LogP contribution in [0.3, 0.4) is 0 Å². The van der Waals surface area contributed by atoms with Gasteiger partial charge in [0.1, 0.15) is 24.2 Å². The van der Waals surface area contributed by atoms with E-state index >= 15 is 0 Å². The molecule has 1 unspecified atom stereocenters. The monoisotopic (exact) mass is 509 g/mol. The van der Waals surface area contributed by atoms with Crippen LogP contribution in [-0.2, 0) is 0 Å². The molecule has 2 amide bonds. The van der Waals surface area contributed by atoms with Crippen molar-refractivity contribution in [2.45, 2.75) is 18.9 Å². The van der Waals surface area contributed by atoms with Crippen LogP contribution in [-0.4, -0.2) is 72.7 Å². The van der Waals surface area contributed by atoms with Gasteiger partial charge in [-0.25, -0.2) is 0 Å². The van der Waals surface area contributed by atoms with Crippen molar-refractivity contribution < 1.29 is 36.6 Å². The normalized spacial score (nSPS) is 17.1. The summed E-state index contributed by atoms with van der Waals surface area (Å²) in [6.07, 6.45) is 1.14. The number of amides is 2. The molecule has 3 aromatic carbocycles. The molecule has 36 heavy (non-hydrogen) atoms. The minimum absolute atomic E-state index is 0. The maximum absolute atomic E-state index is 13.2. The van der Waals surface area contributed by atoms with E-state index < -0.39 is 6.10 Å². The molecule has 190 valence electrons. The third kappa shape index (κ3) is 5.33. The van der Waals surface area contributed by atoms with Crippen LogP contribution in [0.2, 0.25) is 0 Å². The van der Waals surface area contributed by atoms with E-state index in [9.17, 15) is 14.7 Å². The minimum atomic E-state index is -0.601. The molecule has 2 heterocycles. The van der Waals surface area contributed by atoms with Gasteiger partial charge in [-0.3, -0.25) is 14.5 Å². The van der Waals surface area contributed by atoms with Gasteiger partial charge in [0.25, 0.3) is 11.8 Å². The zero-order valence-corrected chi connectivity index (χ0v) is 21.0. The number of imide groups is 1. The Bertz CT molecular complexity index is 1170. The number of ether oxygens (including phenoxy) is 2. The van der Waals surface area contributed by atoms with Crippen molar-refractivity contribution in [2.75, 3.05) is 39.9 Å². The Morgan fingerprint density at radius 2 is 1.50 bits per heavy atom. The fraction of sp³-hybridized carbons (Fsp3) is 0.357. The summed E-state index contributed by atoms with van der Waals surface area (Å²) >= 11 is 0. The molecule has 1 saturated heterocycles. The van der Waals surface area contributed by atoms with Crippen LogP contribution in [0, 0.1) is 5.92 Å². The lowest BCUT2D eigenvalue weighted by Gasteiger charge is -2.36. The van der Waals surface area contributed by atoms with Crippen molar-refractivity contribution in [3.05, 3.63) is 71.8 Å². The van der Waals surface area contributed by atoms with Gasteiger partial charge < -0.3 is 31.9 Å². The average Bonchev–Trinajstić information content (AvgIpc) is 2.89.